The van der Waals surface area contributed by atoms with Crippen molar-refractivity contribution in [3.63, 3.8) is 0 Å². The second-order valence-electron chi connectivity index (χ2n) is 25.0. The van der Waals surface area contributed by atoms with Crippen molar-refractivity contribution in [3.05, 3.63) is 326 Å². The molecule has 2 heterocycles. The number of rotatable bonds is 8. The van der Waals surface area contributed by atoms with Crippen LogP contribution in [-0.2, 0) is 10.8 Å². The van der Waals surface area contributed by atoms with Gasteiger partial charge < -0.3 is 18.6 Å². The molecule has 0 saturated heterocycles. The fourth-order valence-corrected chi connectivity index (χ4v) is 15.0. The molecule has 14 aromatic carbocycles. The average Bonchev–Trinajstić information content (AvgIpc) is 1.55. The molecule has 0 N–H and O–H groups in total. The summed E-state index contributed by atoms with van der Waals surface area (Å²) in [4.78, 5) is 4.87. The standard InChI is InChI=1S/2C43H31NO/c1-43(2)34-22-11-8-20-32(34)41-35(43)23-14-25-37(41)44(36-24-12-9-18-30(36)28-15-4-3-5-16-28)38-27-29-17-6-7-19-31(29)40-33-21-10-13-26-39(33)45-42(38)40;1-43(2)35-19-10-8-17-33(35)41-36(43)20-12-21-37(41)44(31-25-23-29(24-26-31)28-13-4-3-5-14-28)38-27-30-15-6-7-16-32(30)40-34-18-9-11-22-39(34)45-42(38)40/h2*3-27H,1-2H3. The van der Waals surface area contributed by atoms with E-state index in [1.54, 1.807) is 0 Å². The molecule has 18 rings (SSSR count). The number of furan rings is 2. The van der Waals surface area contributed by atoms with Gasteiger partial charge in [0.25, 0.3) is 0 Å². The van der Waals surface area contributed by atoms with Crippen LogP contribution in [0, 0.1) is 0 Å². The molecule has 2 aliphatic carbocycles. The van der Waals surface area contributed by atoms with Crippen LogP contribution in [0.3, 0.4) is 0 Å². The van der Waals surface area contributed by atoms with E-state index >= 15 is 0 Å². The molecule has 0 spiro atoms. The van der Waals surface area contributed by atoms with Gasteiger partial charge in [-0.15, -0.1) is 0 Å². The Balaban J connectivity index is 0.000000139. The van der Waals surface area contributed by atoms with Crippen molar-refractivity contribution in [1.29, 1.82) is 0 Å². The summed E-state index contributed by atoms with van der Waals surface area (Å²) in [6.45, 7) is 9.37. The van der Waals surface area contributed by atoms with E-state index in [1.807, 2.05) is 0 Å². The highest BCUT2D eigenvalue weighted by molar-refractivity contribution is 6.25. The summed E-state index contributed by atoms with van der Waals surface area (Å²) in [6, 6.07) is 109. The molecule has 4 nitrogen and oxygen atoms in total. The Morgan fingerprint density at radius 3 is 1.18 bits per heavy atom. The van der Waals surface area contributed by atoms with Crippen LogP contribution >= 0.6 is 0 Å². The quantitative estimate of drug-likeness (QED) is 0.152. The molecule has 90 heavy (non-hydrogen) atoms. The molecule has 0 bridgehead atoms. The highest BCUT2D eigenvalue weighted by atomic mass is 16.3. The molecule has 0 aliphatic heterocycles. The summed E-state index contributed by atoms with van der Waals surface area (Å²) in [7, 11) is 0. The van der Waals surface area contributed by atoms with Crippen molar-refractivity contribution in [2.24, 2.45) is 0 Å². The first-order valence-corrected chi connectivity index (χ1v) is 31.2. The number of benzene rings is 14. The number of hydrogen-bond donors (Lipinski definition) is 0. The van der Waals surface area contributed by atoms with Gasteiger partial charge in [0.2, 0.25) is 0 Å². The van der Waals surface area contributed by atoms with Crippen LogP contribution in [0.2, 0.25) is 0 Å². The van der Waals surface area contributed by atoms with E-state index in [0.717, 1.165) is 78.0 Å². The summed E-state index contributed by atoms with van der Waals surface area (Å²) in [6.07, 6.45) is 0. The second-order valence-corrected chi connectivity index (χ2v) is 25.0. The molecule has 0 atom stereocenters. The molecule has 0 fully saturated rings. The Kier molecular flexibility index (Phi) is 12.2. The third-order valence-corrected chi connectivity index (χ3v) is 19.3. The van der Waals surface area contributed by atoms with Gasteiger partial charge in [-0.3, -0.25) is 0 Å². The highest BCUT2D eigenvalue weighted by Crippen LogP contribution is 2.58. The molecular formula is C86H62N2O2. The summed E-state index contributed by atoms with van der Waals surface area (Å²) < 4.78 is 13.6. The van der Waals surface area contributed by atoms with Crippen LogP contribution in [-0.4, -0.2) is 0 Å². The average molecular weight is 1160 g/mol. The summed E-state index contributed by atoms with van der Waals surface area (Å²) >= 11 is 0. The van der Waals surface area contributed by atoms with E-state index in [-0.39, 0.29) is 10.8 Å². The fourth-order valence-electron chi connectivity index (χ4n) is 15.0. The second kappa shape index (κ2) is 20.7. The molecule has 0 radical (unpaired) electrons. The maximum Gasteiger partial charge on any atom is 0.160 e. The van der Waals surface area contributed by atoms with Gasteiger partial charge in [0, 0.05) is 54.8 Å². The van der Waals surface area contributed by atoms with Crippen LogP contribution < -0.4 is 9.80 Å². The molecular weight excluding hydrogens is 1090 g/mol. The van der Waals surface area contributed by atoms with Crippen molar-refractivity contribution in [2.45, 2.75) is 38.5 Å². The normalized spacial score (nSPS) is 13.3. The molecule has 428 valence electrons. The Labute approximate surface area is 523 Å². The molecule has 0 saturated carbocycles. The number of fused-ring (bicyclic) bond motifs is 16. The zero-order chi connectivity index (χ0) is 60.2. The minimum atomic E-state index is -0.120. The number of anilines is 6. The lowest BCUT2D eigenvalue weighted by molar-refractivity contribution is 0.660. The van der Waals surface area contributed by atoms with E-state index in [1.165, 1.54) is 88.3 Å². The van der Waals surface area contributed by atoms with Crippen LogP contribution in [0.1, 0.15) is 49.9 Å². The predicted octanol–water partition coefficient (Wildman–Crippen LogP) is 24.4. The van der Waals surface area contributed by atoms with Crippen molar-refractivity contribution < 1.29 is 8.83 Å². The topological polar surface area (TPSA) is 32.8 Å². The number of para-hydroxylation sites is 3. The van der Waals surface area contributed by atoms with E-state index < -0.39 is 0 Å². The van der Waals surface area contributed by atoms with Crippen LogP contribution in [0.25, 0.3) is 110 Å². The maximum absolute atomic E-state index is 6.85. The van der Waals surface area contributed by atoms with Gasteiger partial charge in [-0.1, -0.05) is 276 Å². The molecule has 2 aliphatic rings. The Morgan fingerprint density at radius 1 is 0.267 bits per heavy atom. The van der Waals surface area contributed by atoms with Crippen LogP contribution in [0.4, 0.5) is 34.1 Å². The van der Waals surface area contributed by atoms with E-state index in [9.17, 15) is 0 Å². The largest absolute Gasteiger partial charge is 0.454 e. The van der Waals surface area contributed by atoms with Crippen LogP contribution in [0.15, 0.2) is 312 Å². The first-order chi connectivity index (χ1) is 44.2. The Hall–Kier alpha value is -11.2. The minimum absolute atomic E-state index is 0.108. The minimum Gasteiger partial charge on any atom is -0.454 e. The van der Waals surface area contributed by atoms with Gasteiger partial charge in [-0.05, 0) is 126 Å². The van der Waals surface area contributed by atoms with Gasteiger partial charge >= 0.3 is 0 Å². The van der Waals surface area contributed by atoms with Crippen molar-refractivity contribution in [2.75, 3.05) is 9.80 Å². The maximum atomic E-state index is 6.85. The van der Waals surface area contributed by atoms with Crippen molar-refractivity contribution >= 4 is 99.5 Å². The lowest BCUT2D eigenvalue weighted by atomic mass is 9.82. The SMILES string of the molecule is CC1(C)c2ccccc2-c2c(N(c3ccc(-c4ccccc4)cc3)c3cc4ccccc4c4c3oc3ccccc34)cccc21.CC1(C)c2ccccc2-c2c(N(c3ccccc3-c3ccccc3)c3cc4ccccc4c4c3oc3ccccc34)cccc21. The zero-order valence-corrected chi connectivity index (χ0v) is 50.6. The van der Waals surface area contributed by atoms with Gasteiger partial charge in [0.05, 0.1) is 28.4 Å². The Morgan fingerprint density at radius 2 is 0.644 bits per heavy atom. The molecule has 2 aromatic heterocycles. The third-order valence-electron chi connectivity index (χ3n) is 19.3. The third kappa shape index (κ3) is 8.21. The van der Waals surface area contributed by atoms with E-state index in [2.05, 4.69) is 341 Å². The summed E-state index contributed by atoms with van der Waals surface area (Å²) in [5.74, 6) is 0. The van der Waals surface area contributed by atoms with Gasteiger partial charge in [-0.2, -0.15) is 0 Å². The van der Waals surface area contributed by atoms with E-state index in [4.69, 9.17) is 8.83 Å². The predicted molar refractivity (Wildman–Crippen MR) is 378 cm³/mol. The molecule has 0 amide bonds. The summed E-state index contributed by atoms with van der Waals surface area (Å²) in [5.41, 5.74) is 25.2. The Bertz CT molecular complexity index is 5500. The van der Waals surface area contributed by atoms with Gasteiger partial charge in [-0.25, -0.2) is 0 Å². The lowest BCUT2D eigenvalue weighted by Crippen LogP contribution is -2.16. The fraction of sp³-hybridized carbons (Fsp3) is 0.0698. The first-order valence-electron chi connectivity index (χ1n) is 31.2. The molecule has 16 aromatic rings. The number of nitrogens with zero attached hydrogens (tertiary/aromatic N) is 2. The van der Waals surface area contributed by atoms with E-state index in [0.29, 0.717) is 0 Å². The number of hydrogen-bond acceptors (Lipinski definition) is 4. The molecule has 4 heteroatoms. The van der Waals surface area contributed by atoms with Gasteiger partial charge in [0.15, 0.2) is 11.2 Å². The highest BCUT2D eigenvalue weighted by Gasteiger charge is 2.40. The van der Waals surface area contributed by atoms with Gasteiger partial charge in [0.1, 0.15) is 11.2 Å². The molecule has 0 unspecified atom stereocenters. The van der Waals surface area contributed by atoms with Crippen LogP contribution in [0.5, 0.6) is 0 Å². The van der Waals surface area contributed by atoms with Crippen molar-refractivity contribution in [1.82, 2.24) is 0 Å². The first kappa shape index (κ1) is 53.1. The monoisotopic (exact) mass is 1150 g/mol. The van der Waals surface area contributed by atoms with Crippen molar-refractivity contribution in [3.8, 4) is 44.5 Å². The zero-order valence-electron chi connectivity index (χ0n) is 50.6. The lowest BCUT2D eigenvalue weighted by Gasteiger charge is -2.31. The summed E-state index contributed by atoms with van der Waals surface area (Å²) in [5, 5.41) is 9.33. The smallest absolute Gasteiger partial charge is 0.160 e.